The molecule has 0 fully saturated rings. The SMILES string of the molecule is O=C(Cc1ccc2c(c1)OCO2)NCc1cncc(-c2cccnc2)c1. The number of rotatable bonds is 5. The van der Waals surface area contributed by atoms with Gasteiger partial charge in [0.15, 0.2) is 11.5 Å². The lowest BCUT2D eigenvalue weighted by molar-refractivity contribution is -0.120. The van der Waals surface area contributed by atoms with Gasteiger partial charge in [0, 0.05) is 42.5 Å². The van der Waals surface area contributed by atoms with Gasteiger partial charge in [-0.1, -0.05) is 12.1 Å². The van der Waals surface area contributed by atoms with Crippen molar-refractivity contribution in [3.8, 4) is 22.6 Å². The van der Waals surface area contributed by atoms with E-state index in [-0.39, 0.29) is 19.1 Å². The largest absolute Gasteiger partial charge is 0.454 e. The van der Waals surface area contributed by atoms with Crippen LogP contribution in [-0.2, 0) is 17.8 Å². The van der Waals surface area contributed by atoms with Crippen LogP contribution < -0.4 is 14.8 Å². The Balaban J connectivity index is 1.37. The first kappa shape index (κ1) is 16.1. The molecular weight excluding hydrogens is 330 g/mol. The summed E-state index contributed by atoms with van der Waals surface area (Å²) in [4.78, 5) is 20.6. The summed E-state index contributed by atoms with van der Waals surface area (Å²) in [7, 11) is 0. The van der Waals surface area contributed by atoms with E-state index in [1.165, 1.54) is 0 Å². The molecule has 130 valence electrons. The zero-order valence-electron chi connectivity index (χ0n) is 14.0. The number of nitrogens with one attached hydrogen (secondary N) is 1. The Morgan fingerprint density at radius 3 is 2.73 bits per heavy atom. The quantitative estimate of drug-likeness (QED) is 0.768. The lowest BCUT2D eigenvalue weighted by atomic mass is 10.1. The topological polar surface area (TPSA) is 73.3 Å². The Hall–Kier alpha value is -3.41. The molecule has 0 bridgehead atoms. The average molecular weight is 347 g/mol. The molecule has 0 saturated heterocycles. The van der Waals surface area contributed by atoms with Gasteiger partial charge in [-0.2, -0.15) is 0 Å². The normalized spacial score (nSPS) is 12.0. The standard InChI is InChI=1S/C20H17N3O3/c24-20(8-14-3-4-18-19(7-14)26-13-25-18)23-10-15-6-17(12-22-9-15)16-2-1-5-21-11-16/h1-7,9,11-12H,8,10,13H2,(H,23,24). The first-order valence-electron chi connectivity index (χ1n) is 8.27. The first-order chi connectivity index (χ1) is 12.8. The van der Waals surface area contributed by atoms with Crippen LogP contribution in [0.3, 0.4) is 0 Å². The number of ether oxygens (including phenoxy) is 2. The molecule has 0 saturated carbocycles. The number of nitrogens with zero attached hydrogens (tertiary/aromatic N) is 2. The second-order valence-electron chi connectivity index (χ2n) is 5.96. The van der Waals surface area contributed by atoms with E-state index in [0.29, 0.717) is 18.0 Å². The van der Waals surface area contributed by atoms with E-state index in [1.54, 1.807) is 24.8 Å². The van der Waals surface area contributed by atoms with Crippen LogP contribution in [0.4, 0.5) is 0 Å². The molecule has 1 aromatic carbocycles. The van der Waals surface area contributed by atoms with Crippen LogP contribution >= 0.6 is 0 Å². The van der Waals surface area contributed by atoms with Crippen molar-refractivity contribution in [3.05, 3.63) is 72.3 Å². The smallest absolute Gasteiger partial charge is 0.231 e. The summed E-state index contributed by atoms with van der Waals surface area (Å²) in [5.41, 5.74) is 3.79. The Bertz CT molecular complexity index is 929. The van der Waals surface area contributed by atoms with Crippen LogP contribution in [0, 0.1) is 0 Å². The number of aromatic nitrogens is 2. The second-order valence-corrected chi connectivity index (χ2v) is 5.96. The molecule has 2 aromatic heterocycles. The van der Waals surface area contributed by atoms with Gasteiger partial charge < -0.3 is 14.8 Å². The van der Waals surface area contributed by atoms with Gasteiger partial charge in [0.2, 0.25) is 12.7 Å². The number of amides is 1. The summed E-state index contributed by atoms with van der Waals surface area (Å²) in [5, 5.41) is 2.93. The summed E-state index contributed by atoms with van der Waals surface area (Å²) in [5.74, 6) is 1.34. The molecule has 0 radical (unpaired) electrons. The molecule has 26 heavy (non-hydrogen) atoms. The monoisotopic (exact) mass is 347 g/mol. The molecule has 3 heterocycles. The van der Waals surface area contributed by atoms with E-state index < -0.39 is 0 Å². The molecule has 1 aliphatic rings. The van der Waals surface area contributed by atoms with Crippen LogP contribution in [0.25, 0.3) is 11.1 Å². The summed E-state index contributed by atoms with van der Waals surface area (Å²) in [6.45, 7) is 0.649. The summed E-state index contributed by atoms with van der Waals surface area (Å²) in [6.07, 6.45) is 7.35. The molecule has 1 N–H and O–H groups in total. The predicted molar refractivity (Wildman–Crippen MR) is 95.6 cm³/mol. The molecule has 0 unspecified atom stereocenters. The number of benzene rings is 1. The number of hydrogen-bond acceptors (Lipinski definition) is 5. The molecule has 1 aliphatic heterocycles. The second kappa shape index (κ2) is 7.23. The molecule has 0 aliphatic carbocycles. The first-order valence-corrected chi connectivity index (χ1v) is 8.27. The van der Waals surface area contributed by atoms with E-state index >= 15 is 0 Å². The Kier molecular flexibility index (Phi) is 4.47. The van der Waals surface area contributed by atoms with Gasteiger partial charge in [0.1, 0.15) is 0 Å². The Morgan fingerprint density at radius 2 is 1.85 bits per heavy atom. The van der Waals surface area contributed by atoms with Crippen LogP contribution in [0.5, 0.6) is 11.5 Å². The highest BCUT2D eigenvalue weighted by atomic mass is 16.7. The number of carbonyl (C=O) groups is 1. The van der Waals surface area contributed by atoms with Crippen molar-refractivity contribution in [2.24, 2.45) is 0 Å². The Morgan fingerprint density at radius 1 is 0.962 bits per heavy atom. The maximum atomic E-state index is 12.2. The van der Waals surface area contributed by atoms with Gasteiger partial charge in [-0.05, 0) is 35.4 Å². The van der Waals surface area contributed by atoms with Gasteiger partial charge in [-0.3, -0.25) is 14.8 Å². The van der Waals surface area contributed by atoms with Gasteiger partial charge >= 0.3 is 0 Å². The third-order valence-electron chi connectivity index (χ3n) is 4.08. The Labute approximate surface area is 150 Å². The minimum absolute atomic E-state index is 0.0596. The molecule has 6 nitrogen and oxygen atoms in total. The molecule has 6 heteroatoms. The van der Waals surface area contributed by atoms with Crippen molar-refractivity contribution in [2.45, 2.75) is 13.0 Å². The van der Waals surface area contributed by atoms with E-state index in [1.807, 2.05) is 36.4 Å². The van der Waals surface area contributed by atoms with Crippen LogP contribution in [0.1, 0.15) is 11.1 Å². The highest BCUT2D eigenvalue weighted by molar-refractivity contribution is 5.78. The van der Waals surface area contributed by atoms with Gasteiger partial charge in [0.05, 0.1) is 6.42 Å². The molecule has 0 spiro atoms. The van der Waals surface area contributed by atoms with E-state index in [4.69, 9.17) is 9.47 Å². The maximum Gasteiger partial charge on any atom is 0.231 e. The maximum absolute atomic E-state index is 12.2. The molecule has 0 atom stereocenters. The fourth-order valence-electron chi connectivity index (χ4n) is 2.78. The zero-order chi connectivity index (χ0) is 17.8. The van der Waals surface area contributed by atoms with Crippen molar-refractivity contribution in [3.63, 3.8) is 0 Å². The number of fused-ring (bicyclic) bond motifs is 1. The molecule has 1 amide bonds. The number of pyridine rings is 2. The third-order valence-corrected chi connectivity index (χ3v) is 4.08. The van der Waals surface area contributed by atoms with Crippen molar-refractivity contribution in [2.75, 3.05) is 6.79 Å². The van der Waals surface area contributed by atoms with Crippen molar-refractivity contribution >= 4 is 5.91 Å². The van der Waals surface area contributed by atoms with Crippen molar-refractivity contribution in [1.29, 1.82) is 0 Å². The van der Waals surface area contributed by atoms with E-state index in [9.17, 15) is 4.79 Å². The van der Waals surface area contributed by atoms with E-state index in [0.717, 1.165) is 22.3 Å². The summed E-state index contributed by atoms with van der Waals surface area (Å²) in [6, 6.07) is 11.4. The minimum atomic E-state index is -0.0596. The molecular formula is C20H17N3O3. The highest BCUT2D eigenvalue weighted by Crippen LogP contribution is 2.32. The summed E-state index contributed by atoms with van der Waals surface area (Å²) < 4.78 is 10.6. The number of carbonyl (C=O) groups excluding carboxylic acids is 1. The number of hydrogen-bond donors (Lipinski definition) is 1. The predicted octanol–water partition coefficient (Wildman–Crippen LogP) is 2.73. The lowest BCUT2D eigenvalue weighted by Gasteiger charge is -2.08. The molecule has 4 rings (SSSR count). The van der Waals surface area contributed by atoms with Gasteiger partial charge in [-0.15, -0.1) is 0 Å². The van der Waals surface area contributed by atoms with Crippen LogP contribution in [0.15, 0.2) is 61.2 Å². The van der Waals surface area contributed by atoms with Gasteiger partial charge in [0.25, 0.3) is 0 Å². The van der Waals surface area contributed by atoms with Crippen LogP contribution in [-0.4, -0.2) is 22.7 Å². The van der Waals surface area contributed by atoms with Gasteiger partial charge in [-0.25, -0.2) is 0 Å². The lowest BCUT2D eigenvalue weighted by Crippen LogP contribution is -2.24. The highest BCUT2D eigenvalue weighted by Gasteiger charge is 2.14. The van der Waals surface area contributed by atoms with E-state index in [2.05, 4.69) is 15.3 Å². The summed E-state index contributed by atoms with van der Waals surface area (Å²) >= 11 is 0. The minimum Gasteiger partial charge on any atom is -0.454 e. The molecule has 3 aromatic rings. The van der Waals surface area contributed by atoms with Crippen molar-refractivity contribution in [1.82, 2.24) is 15.3 Å². The average Bonchev–Trinajstić information content (AvgIpc) is 3.15. The fourth-order valence-corrected chi connectivity index (χ4v) is 2.78. The van der Waals surface area contributed by atoms with Crippen LogP contribution in [0.2, 0.25) is 0 Å². The fraction of sp³-hybridized carbons (Fsp3) is 0.150. The third kappa shape index (κ3) is 3.64. The van der Waals surface area contributed by atoms with Crippen molar-refractivity contribution < 1.29 is 14.3 Å². The zero-order valence-corrected chi connectivity index (χ0v) is 14.0.